The number of ether oxygens (including phenoxy) is 1. The highest BCUT2D eigenvalue weighted by Gasteiger charge is 2.05. The quantitative estimate of drug-likeness (QED) is 0.216. The molecular weight excluding hydrogens is 424 g/mol. The highest BCUT2D eigenvalue weighted by atomic mass is 35.5. The highest BCUT2D eigenvalue weighted by molar-refractivity contribution is 6.31. The van der Waals surface area contributed by atoms with Crippen molar-refractivity contribution in [1.29, 1.82) is 0 Å². The number of aryl methyl sites for hydroxylation is 1. The lowest BCUT2D eigenvalue weighted by atomic mass is 9.98. The van der Waals surface area contributed by atoms with Crippen LogP contribution < -0.4 is 4.74 Å². The fourth-order valence-electron chi connectivity index (χ4n) is 4.17. The molecule has 0 aliphatic heterocycles. The summed E-state index contributed by atoms with van der Waals surface area (Å²) in [7, 11) is 0. The van der Waals surface area contributed by atoms with Crippen LogP contribution in [-0.4, -0.2) is 6.61 Å². The van der Waals surface area contributed by atoms with Gasteiger partial charge in [0.25, 0.3) is 0 Å². The van der Waals surface area contributed by atoms with Crippen molar-refractivity contribution in [3.8, 4) is 28.0 Å². The molecule has 0 N–H and O–H groups in total. The van der Waals surface area contributed by atoms with Gasteiger partial charge in [-0.25, -0.2) is 0 Å². The molecule has 0 heterocycles. The molecule has 0 aliphatic carbocycles. The molecule has 2 heteroatoms. The zero-order chi connectivity index (χ0) is 23.3. The molecule has 3 aromatic rings. The Morgan fingerprint density at radius 3 is 1.73 bits per heavy atom. The Hall–Kier alpha value is -2.25. The molecule has 0 spiro atoms. The summed E-state index contributed by atoms with van der Waals surface area (Å²) in [6.07, 6.45) is 12.5. The molecule has 1 nitrogen and oxygen atoms in total. The summed E-state index contributed by atoms with van der Waals surface area (Å²) in [4.78, 5) is 0. The molecule has 0 radical (unpaired) electrons. The number of hydrogen-bond acceptors (Lipinski definition) is 1. The first kappa shape index (κ1) is 25.4. The van der Waals surface area contributed by atoms with E-state index in [1.54, 1.807) is 0 Å². The van der Waals surface area contributed by atoms with Crippen molar-refractivity contribution >= 4 is 11.6 Å². The van der Waals surface area contributed by atoms with Gasteiger partial charge in [-0.15, -0.1) is 0 Å². The number of benzene rings is 3. The molecule has 0 amide bonds. The second-order valence-corrected chi connectivity index (χ2v) is 9.39. The molecular formula is C31H39ClO. The Morgan fingerprint density at radius 1 is 0.576 bits per heavy atom. The third kappa shape index (κ3) is 8.23. The maximum Gasteiger partial charge on any atom is 0.119 e. The van der Waals surface area contributed by atoms with Crippen molar-refractivity contribution < 1.29 is 4.74 Å². The van der Waals surface area contributed by atoms with Gasteiger partial charge in [0.15, 0.2) is 0 Å². The van der Waals surface area contributed by atoms with E-state index in [0.717, 1.165) is 30.2 Å². The van der Waals surface area contributed by atoms with Crippen LogP contribution in [0.1, 0.15) is 77.2 Å². The second-order valence-electron chi connectivity index (χ2n) is 8.98. The van der Waals surface area contributed by atoms with Gasteiger partial charge >= 0.3 is 0 Å². The molecule has 0 atom stereocenters. The summed E-state index contributed by atoms with van der Waals surface area (Å²) in [5, 5.41) is 0.879. The molecule has 176 valence electrons. The van der Waals surface area contributed by atoms with E-state index < -0.39 is 0 Å². The van der Waals surface area contributed by atoms with E-state index in [1.165, 1.54) is 79.2 Å². The number of halogens is 1. The number of unbranched alkanes of at least 4 members (excludes halogenated alkanes) is 7. The van der Waals surface area contributed by atoms with Crippen LogP contribution in [0.4, 0.5) is 0 Å². The predicted octanol–water partition coefficient (Wildman–Crippen LogP) is 10.1. The molecule has 0 aromatic heterocycles. The number of hydrogen-bond donors (Lipinski definition) is 0. The first-order chi connectivity index (χ1) is 16.2. The fourth-order valence-corrected chi connectivity index (χ4v) is 4.44. The van der Waals surface area contributed by atoms with Crippen LogP contribution >= 0.6 is 11.6 Å². The van der Waals surface area contributed by atoms with Crippen LogP contribution in [0.3, 0.4) is 0 Å². The van der Waals surface area contributed by atoms with Crippen LogP contribution in [0.2, 0.25) is 5.02 Å². The van der Waals surface area contributed by atoms with E-state index in [0.29, 0.717) is 0 Å². The van der Waals surface area contributed by atoms with Gasteiger partial charge in [-0.05, 0) is 65.3 Å². The zero-order valence-electron chi connectivity index (χ0n) is 20.4. The smallest absolute Gasteiger partial charge is 0.119 e. The van der Waals surface area contributed by atoms with Crippen LogP contribution in [0.5, 0.6) is 5.75 Å². The Kier molecular flexibility index (Phi) is 10.8. The lowest BCUT2D eigenvalue weighted by molar-refractivity contribution is 0.304. The van der Waals surface area contributed by atoms with Crippen molar-refractivity contribution in [1.82, 2.24) is 0 Å². The predicted molar refractivity (Wildman–Crippen MR) is 144 cm³/mol. The summed E-state index contributed by atoms with van der Waals surface area (Å²) in [6, 6.07) is 23.7. The van der Waals surface area contributed by atoms with Gasteiger partial charge in [-0.2, -0.15) is 0 Å². The van der Waals surface area contributed by atoms with Crippen molar-refractivity contribution in [2.45, 2.75) is 78.1 Å². The largest absolute Gasteiger partial charge is 0.494 e. The standard InChI is InChI=1S/C31H39ClO/c1-3-5-7-8-9-11-23-33-30-21-19-26(20-22-30)25-13-15-27(16-14-25)29-18-17-28(31(32)24-29)12-10-6-4-2/h13-22,24H,3-12,23H2,1-2H3. The van der Waals surface area contributed by atoms with Gasteiger partial charge in [0, 0.05) is 5.02 Å². The minimum atomic E-state index is 0.806. The van der Waals surface area contributed by atoms with Crippen molar-refractivity contribution in [2.75, 3.05) is 6.61 Å². The third-order valence-electron chi connectivity index (χ3n) is 6.28. The summed E-state index contributed by atoms with van der Waals surface area (Å²) < 4.78 is 5.92. The summed E-state index contributed by atoms with van der Waals surface area (Å²) in [6.45, 7) is 5.29. The van der Waals surface area contributed by atoms with E-state index in [1.807, 2.05) is 0 Å². The van der Waals surface area contributed by atoms with E-state index in [-0.39, 0.29) is 0 Å². The molecule has 0 saturated heterocycles. The van der Waals surface area contributed by atoms with E-state index in [2.05, 4.69) is 80.6 Å². The maximum atomic E-state index is 6.56. The van der Waals surface area contributed by atoms with Gasteiger partial charge in [0.2, 0.25) is 0 Å². The third-order valence-corrected chi connectivity index (χ3v) is 6.63. The summed E-state index contributed by atoms with van der Waals surface area (Å²) >= 11 is 6.56. The Balaban J connectivity index is 1.53. The van der Waals surface area contributed by atoms with E-state index in [9.17, 15) is 0 Å². The maximum absolute atomic E-state index is 6.56. The molecule has 33 heavy (non-hydrogen) atoms. The van der Waals surface area contributed by atoms with Crippen molar-refractivity contribution in [2.24, 2.45) is 0 Å². The second kappa shape index (κ2) is 14.1. The van der Waals surface area contributed by atoms with Gasteiger partial charge < -0.3 is 4.74 Å². The minimum absolute atomic E-state index is 0.806. The van der Waals surface area contributed by atoms with Crippen LogP contribution in [-0.2, 0) is 6.42 Å². The monoisotopic (exact) mass is 462 g/mol. The molecule has 0 aliphatic rings. The van der Waals surface area contributed by atoms with Gasteiger partial charge in [-0.3, -0.25) is 0 Å². The zero-order valence-corrected chi connectivity index (χ0v) is 21.2. The Bertz CT molecular complexity index is 944. The topological polar surface area (TPSA) is 9.23 Å². The van der Waals surface area contributed by atoms with Crippen LogP contribution in [0.25, 0.3) is 22.3 Å². The normalized spacial score (nSPS) is 11.0. The molecule has 3 rings (SSSR count). The first-order valence-electron chi connectivity index (χ1n) is 12.8. The molecule has 0 bridgehead atoms. The summed E-state index contributed by atoms with van der Waals surface area (Å²) in [5.74, 6) is 0.956. The SMILES string of the molecule is CCCCCCCCOc1ccc(-c2ccc(-c3ccc(CCCCC)c(Cl)c3)cc2)cc1. The van der Waals surface area contributed by atoms with Crippen molar-refractivity contribution in [3.05, 3.63) is 77.3 Å². The average molecular weight is 463 g/mol. The summed E-state index contributed by atoms with van der Waals surface area (Å²) in [5.41, 5.74) is 6.04. The molecule has 0 fully saturated rings. The van der Waals surface area contributed by atoms with Crippen LogP contribution in [0, 0.1) is 0 Å². The van der Waals surface area contributed by atoms with Gasteiger partial charge in [0.05, 0.1) is 6.61 Å². The van der Waals surface area contributed by atoms with Crippen molar-refractivity contribution in [3.63, 3.8) is 0 Å². The fraction of sp³-hybridized carbons (Fsp3) is 0.419. The van der Waals surface area contributed by atoms with Crippen LogP contribution in [0.15, 0.2) is 66.7 Å². The van der Waals surface area contributed by atoms with Gasteiger partial charge in [0.1, 0.15) is 5.75 Å². The Morgan fingerprint density at radius 2 is 1.09 bits per heavy atom. The minimum Gasteiger partial charge on any atom is -0.494 e. The lowest BCUT2D eigenvalue weighted by Crippen LogP contribution is -1.97. The van der Waals surface area contributed by atoms with E-state index >= 15 is 0 Å². The van der Waals surface area contributed by atoms with E-state index in [4.69, 9.17) is 16.3 Å². The molecule has 0 saturated carbocycles. The lowest BCUT2D eigenvalue weighted by Gasteiger charge is -2.10. The molecule has 3 aromatic carbocycles. The molecule has 0 unspecified atom stereocenters. The number of rotatable bonds is 14. The highest BCUT2D eigenvalue weighted by Crippen LogP contribution is 2.29. The van der Waals surface area contributed by atoms with Gasteiger partial charge in [-0.1, -0.05) is 119 Å². The Labute approximate surface area is 206 Å². The average Bonchev–Trinajstić information content (AvgIpc) is 2.85. The first-order valence-corrected chi connectivity index (χ1v) is 13.2.